The van der Waals surface area contributed by atoms with E-state index in [4.69, 9.17) is 11.6 Å². The second-order valence-corrected chi connectivity index (χ2v) is 8.55. The van der Waals surface area contributed by atoms with Crippen LogP contribution in [-0.4, -0.2) is 11.4 Å². The van der Waals surface area contributed by atoms with Crippen LogP contribution in [0.1, 0.15) is 38.8 Å². The molecule has 2 rings (SSSR count). The molecular formula is C21H29ClN+. The van der Waals surface area contributed by atoms with E-state index in [-0.39, 0.29) is 10.3 Å². The summed E-state index contributed by atoms with van der Waals surface area (Å²) < 4.78 is 0. The molecule has 0 bridgehead atoms. The van der Waals surface area contributed by atoms with Gasteiger partial charge < -0.3 is 4.90 Å². The summed E-state index contributed by atoms with van der Waals surface area (Å²) in [7, 11) is 0. The maximum absolute atomic E-state index is 6.66. The van der Waals surface area contributed by atoms with Crippen molar-refractivity contribution in [2.45, 2.75) is 45.7 Å². The van der Waals surface area contributed by atoms with Gasteiger partial charge in [-0.15, -0.1) is 11.6 Å². The number of rotatable bonds is 7. The third-order valence-electron chi connectivity index (χ3n) is 4.90. The van der Waals surface area contributed by atoms with Crippen LogP contribution in [0.15, 0.2) is 60.7 Å². The zero-order chi connectivity index (χ0) is 16.9. The lowest BCUT2D eigenvalue weighted by Gasteiger charge is -2.38. The largest absolute Gasteiger partial charge is 0.327 e. The Labute approximate surface area is 146 Å². The molecule has 0 unspecified atom stereocenters. The number of benzene rings is 2. The molecule has 0 heterocycles. The van der Waals surface area contributed by atoms with Crippen molar-refractivity contribution < 1.29 is 4.90 Å². The Morgan fingerprint density at radius 1 is 0.739 bits per heavy atom. The normalized spacial score (nSPS) is 12.6. The lowest BCUT2D eigenvalue weighted by molar-refractivity contribution is -0.934. The van der Waals surface area contributed by atoms with Crippen molar-refractivity contribution in [1.82, 2.24) is 0 Å². The molecule has 124 valence electrons. The number of nitrogens with one attached hydrogen (secondary N) is 1. The van der Waals surface area contributed by atoms with E-state index in [0.717, 1.165) is 19.6 Å². The van der Waals surface area contributed by atoms with E-state index in [0.29, 0.717) is 0 Å². The standard InChI is InChI=1S/C21H28ClN/c1-20(2,21(3,4)22)17-23(15-18-11-7-5-8-12-18)16-19-13-9-6-10-14-19/h5-14H,15-17H2,1-4H3/p+1. The number of alkyl halides is 1. The molecule has 2 aromatic rings. The molecule has 0 atom stereocenters. The van der Waals surface area contributed by atoms with Crippen LogP contribution in [0.25, 0.3) is 0 Å². The van der Waals surface area contributed by atoms with Gasteiger partial charge in [0.05, 0.1) is 6.54 Å². The minimum atomic E-state index is -0.231. The molecule has 0 aliphatic carbocycles. The van der Waals surface area contributed by atoms with Crippen molar-refractivity contribution in [3.05, 3.63) is 71.8 Å². The maximum Gasteiger partial charge on any atom is 0.103 e. The van der Waals surface area contributed by atoms with Crippen molar-refractivity contribution in [2.75, 3.05) is 6.54 Å². The minimum absolute atomic E-state index is 0.0491. The molecule has 0 saturated heterocycles. The first-order valence-corrected chi connectivity index (χ1v) is 8.76. The lowest BCUT2D eigenvalue weighted by Crippen LogP contribution is -3.11. The van der Waals surface area contributed by atoms with Crippen molar-refractivity contribution in [2.24, 2.45) is 5.41 Å². The molecule has 0 aliphatic rings. The summed E-state index contributed by atoms with van der Waals surface area (Å²) in [5.41, 5.74) is 2.80. The molecule has 0 radical (unpaired) electrons. The van der Waals surface area contributed by atoms with Gasteiger partial charge in [-0.3, -0.25) is 0 Å². The summed E-state index contributed by atoms with van der Waals surface area (Å²) in [6.45, 7) is 11.9. The van der Waals surface area contributed by atoms with Gasteiger partial charge in [-0.1, -0.05) is 74.5 Å². The topological polar surface area (TPSA) is 4.44 Å². The highest BCUT2D eigenvalue weighted by molar-refractivity contribution is 6.23. The highest BCUT2D eigenvalue weighted by Gasteiger charge is 2.38. The Morgan fingerprint density at radius 2 is 1.13 bits per heavy atom. The van der Waals surface area contributed by atoms with Crippen LogP contribution in [0.2, 0.25) is 0 Å². The minimum Gasteiger partial charge on any atom is -0.327 e. The van der Waals surface area contributed by atoms with E-state index in [1.54, 1.807) is 4.90 Å². The zero-order valence-corrected chi connectivity index (χ0v) is 15.5. The Kier molecular flexibility index (Phi) is 5.89. The number of hydrogen-bond donors (Lipinski definition) is 1. The van der Waals surface area contributed by atoms with Crippen LogP contribution in [0.3, 0.4) is 0 Å². The summed E-state index contributed by atoms with van der Waals surface area (Å²) >= 11 is 6.66. The van der Waals surface area contributed by atoms with Gasteiger partial charge in [-0.05, 0) is 13.8 Å². The molecule has 0 amide bonds. The van der Waals surface area contributed by atoms with Crippen LogP contribution in [0.4, 0.5) is 0 Å². The predicted octanol–water partition coefficient (Wildman–Crippen LogP) is 4.32. The third-order valence-corrected chi connectivity index (χ3v) is 5.41. The quantitative estimate of drug-likeness (QED) is 0.721. The molecule has 0 spiro atoms. The van der Waals surface area contributed by atoms with Gasteiger partial charge in [0, 0.05) is 21.4 Å². The summed E-state index contributed by atoms with van der Waals surface area (Å²) in [6, 6.07) is 21.5. The SMILES string of the molecule is CC(C)(Cl)C(C)(C)C[NH+](Cc1ccccc1)Cc1ccccc1. The van der Waals surface area contributed by atoms with Crippen LogP contribution in [0.5, 0.6) is 0 Å². The summed E-state index contributed by atoms with van der Waals surface area (Å²) in [4.78, 5) is 1.31. The Bertz CT molecular complexity index is 543. The molecule has 0 fully saturated rings. The van der Waals surface area contributed by atoms with Crippen molar-refractivity contribution in [3.63, 3.8) is 0 Å². The van der Waals surface area contributed by atoms with E-state index < -0.39 is 0 Å². The average Bonchev–Trinajstić information content (AvgIpc) is 2.47. The lowest BCUT2D eigenvalue weighted by atomic mass is 9.79. The fraction of sp³-hybridized carbons (Fsp3) is 0.429. The number of halogens is 1. The fourth-order valence-electron chi connectivity index (χ4n) is 2.79. The van der Waals surface area contributed by atoms with Crippen LogP contribution >= 0.6 is 11.6 Å². The van der Waals surface area contributed by atoms with Crippen molar-refractivity contribution in [1.29, 1.82) is 0 Å². The Hall–Kier alpha value is -1.31. The molecular weight excluding hydrogens is 302 g/mol. The summed E-state index contributed by atoms with van der Waals surface area (Å²) in [5.74, 6) is 0. The van der Waals surface area contributed by atoms with Gasteiger partial charge in [-0.25, -0.2) is 0 Å². The number of hydrogen-bond acceptors (Lipinski definition) is 0. The highest BCUT2D eigenvalue weighted by Crippen LogP contribution is 2.34. The van der Waals surface area contributed by atoms with Gasteiger partial charge in [-0.2, -0.15) is 0 Å². The van der Waals surface area contributed by atoms with E-state index >= 15 is 0 Å². The summed E-state index contributed by atoms with van der Waals surface area (Å²) in [5, 5.41) is 0. The fourth-order valence-corrected chi connectivity index (χ4v) is 2.86. The molecule has 1 N–H and O–H groups in total. The van der Waals surface area contributed by atoms with Gasteiger partial charge in [0.1, 0.15) is 13.1 Å². The van der Waals surface area contributed by atoms with Gasteiger partial charge in [0.2, 0.25) is 0 Å². The maximum atomic E-state index is 6.66. The van der Waals surface area contributed by atoms with E-state index in [1.165, 1.54) is 11.1 Å². The van der Waals surface area contributed by atoms with Gasteiger partial charge in [0.25, 0.3) is 0 Å². The number of quaternary nitrogens is 1. The molecule has 0 aliphatic heterocycles. The van der Waals surface area contributed by atoms with Crippen molar-refractivity contribution in [3.8, 4) is 0 Å². The first-order chi connectivity index (χ1) is 10.8. The second-order valence-electron chi connectivity index (χ2n) is 7.61. The van der Waals surface area contributed by atoms with E-state index in [2.05, 4.69) is 88.4 Å². The smallest absolute Gasteiger partial charge is 0.103 e. The Balaban J connectivity index is 2.17. The molecule has 2 aromatic carbocycles. The molecule has 23 heavy (non-hydrogen) atoms. The summed E-state index contributed by atoms with van der Waals surface area (Å²) in [6.07, 6.45) is 0. The molecule has 0 saturated carbocycles. The monoisotopic (exact) mass is 330 g/mol. The second kappa shape index (κ2) is 7.51. The van der Waals surface area contributed by atoms with Crippen LogP contribution in [0, 0.1) is 5.41 Å². The van der Waals surface area contributed by atoms with Crippen LogP contribution < -0.4 is 4.90 Å². The van der Waals surface area contributed by atoms with E-state index in [1.807, 2.05) is 0 Å². The van der Waals surface area contributed by atoms with Gasteiger partial charge >= 0.3 is 0 Å². The van der Waals surface area contributed by atoms with Gasteiger partial charge in [0.15, 0.2) is 0 Å². The molecule has 1 nitrogen and oxygen atoms in total. The average molecular weight is 331 g/mol. The first-order valence-electron chi connectivity index (χ1n) is 8.38. The predicted molar refractivity (Wildman–Crippen MR) is 99.8 cm³/mol. The molecule has 2 heteroatoms. The Morgan fingerprint density at radius 3 is 1.48 bits per heavy atom. The van der Waals surface area contributed by atoms with E-state index in [9.17, 15) is 0 Å². The zero-order valence-electron chi connectivity index (χ0n) is 14.8. The molecule has 0 aromatic heterocycles. The third kappa shape index (κ3) is 5.37. The van der Waals surface area contributed by atoms with Crippen LogP contribution in [-0.2, 0) is 13.1 Å². The first kappa shape index (κ1) is 18.0. The highest BCUT2D eigenvalue weighted by atomic mass is 35.5. The van der Waals surface area contributed by atoms with Crippen molar-refractivity contribution >= 4 is 11.6 Å².